The first-order valence-corrected chi connectivity index (χ1v) is 6.55. The van der Waals surface area contributed by atoms with Gasteiger partial charge in [-0.05, 0) is 35.2 Å². The standard InChI is InChI=1S/C15H12Cl2/c16-11-6-7-12-13(9-15(17)14(12)8-11)10-4-2-1-3-5-10/h1-8,13,15H,9H2/t13-,15-/m0/s1. The molecule has 2 aromatic rings. The molecule has 2 aromatic carbocycles. The highest BCUT2D eigenvalue weighted by atomic mass is 35.5. The Kier molecular flexibility index (Phi) is 2.85. The van der Waals surface area contributed by atoms with Gasteiger partial charge in [-0.1, -0.05) is 48.0 Å². The van der Waals surface area contributed by atoms with E-state index in [4.69, 9.17) is 23.2 Å². The smallest absolute Gasteiger partial charge is 0.0597 e. The van der Waals surface area contributed by atoms with Crippen LogP contribution in [0.2, 0.25) is 5.02 Å². The molecule has 2 heteroatoms. The van der Waals surface area contributed by atoms with Crippen LogP contribution in [0.3, 0.4) is 0 Å². The van der Waals surface area contributed by atoms with E-state index in [1.807, 2.05) is 18.2 Å². The van der Waals surface area contributed by atoms with Crippen LogP contribution in [0.5, 0.6) is 0 Å². The molecule has 0 heterocycles. The van der Waals surface area contributed by atoms with Crippen LogP contribution in [0.1, 0.15) is 34.4 Å². The molecule has 3 rings (SSSR count). The molecule has 0 amide bonds. The van der Waals surface area contributed by atoms with Gasteiger partial charge in [-0.2, -0.15) is 0 Å². The van der Waals surface area contributed by atoms with Crippen molar-refractivity contribution in [3.8, 4) is 0 Å². The first kappa shape index (κ1) is 11.1. The Bertz CT molecular complexity index is 534. The first-order valence-electron chi connectivity index (χ1n) is 5.74. The molecule has 0 radical (unpaired) electrons. The summed E-state index contributed by atoms with van der Waals surface area (Å²) in [6.07, 6.45) is 0.960. The average molecular weight is 263 g/mol. The van der Waals surface area contributed by atoms with Gasteiger partial charge < -0.3 is 0 Å². The largest absolute Gasteiger partial charge is 0.118 e. The van der Waals surface area contributed by atoms with Crippen LogP contribution in [0.4, 0.5) is 0 Å². The van der Waals surface area contributed by atoms with E-state index in [1.54, 1.807) is 0 Å². The van der Waals surface area contributed by atoms with Gasteiger partial charge in [0.25, 0.3) is 0 Å². The average Bonchev–Trinajstić information content (AvgIpc) is 2.68. The highest BCUT2D eigenvalue weighted by molar-refractivity contribution is 6.31. The molecule has 0 aromatic heterocycles. The van der Waals surface area contributed by atoms with Crippen molar-refractivity contribution in [3.05, 3.63) is 70.2 Å². The molecule has 2 atom stereocenters. The Morgan fingerprint density at radius 3 is 2.47 bits per heavy atom. The van der Waals surface area contributed by atoms with Crippen molar-refractivity contribution in [2.24, 2.45) is 0 Å². The van der Waals surface area contributed by atoms with Gasteiger partial charge in [0.2, 0.25) is 0 Å². The Labute approximate surface area is 111 Å². The van der Waals surface area contributed by atoms with Crippen molar-refractivity contribution < 1.29 is 0 Å². The second-order valence-corrected chi connectivity index (χ2v) is 5.40. The maximum Gasteiger partial charge on any atom is 0.0597 e. The summed E-state index contributed by atoms with van der Waals surface area (Å²) >= 11 is 12.4. The predicted octanol–water partition coefficient (Wildman–Crippen LogP) is 5.16. The minimum Gasteiger partial charge on any atom is -0.118 e. The molecule has 0 saturated heterocycles. The van der Waals surface area contributed by atoms with E-state index in [1.165, 1.54) is 16.7 Å². The van der Waals surface area contributed by atoms with Gasteiger partial charge in [-0.25, -0.2) is 0 Å². The molecule has 0 N–H and O–H groups in total. The quantitative estimate of drug-likeness (QED) is 0.624. The lowest BCUT2D eigenvalue weighted by Gasteiger charge is -2.11. The van der Waals surface area contributed by atoms with Crippen LogP contribution >= 0.6 is 23.2 Å². The summed E-state index contributed by atoms with van der Waals surface area (Å²) in [6, 6.07) is 16.6. The fourth-order valence-corrected chi connectivity index (χ4v) is 3.14. The van der Waals surface area contributed by atoms with Crippen molar-refractivity contribution in [3.63, 3.8) is 0 Å². The maximum atomic E-state index is 6.40. The lowest BCUT2D eigenvalue weighted by atomic mass is 9.93. The molecule has 1 aliphatic rings. The lowest BCUT2D eigenvalue weighted by Crippen LogP contribution is -1.95. The van der Waals surface area contributed by atoms with E-state index >= 15 is 0 Å². The zero-order valence-corrected chi connectivity index (χ0v) is 10.7. The molecule has 0 spiro atoms. The Balaban J connectivity index is 2.08. The lowest BCUT2D eigenvalue weighted by molar-refractivity contribution is 0.771. The van der Waals surface area contributed by atoms with E-state index in [0.29, 0.717) is 5.92 Å². The van der Waals surface area contributed by atoms with Crippen LogP contribution in [-0.4, -0.2) is 0 Å². The Morgan fingerprint density at radius 1 is 0.941 bits per heavy atom. The number of halogens is 2. The molecule has 0 nitrogen and oxygen atoms in total. The molecular weight excluding hydrogens is 251 g/mol. The summed E-state index contributed by atoms with van der Waals surface area (Å²) in [5, 5.41) is 0.844. The number of hydrogen-bond donors (Lipinski definition) is 0. The zero-order chi connectivity index (χ0) is 11.8. The molecule has 0 saturated carbocycles. The highest BCUT2D eigenvalue weighted by Gasteiger charge is 2.30. The van der Waals surface area contributed by atoms with Crippen LogP contribution in [-0.2, 0) is 0 Å². The Morgan fingerprint density at radius 2 is 1.71 bits per heavy atom. The third-order valence-electron chi connectivity index (χ3n) is 3.41. The monoisotopic (exact) mass is 262 g/mol. The minimum absolute atomic E-state index is 0.0777. The summed E-state index contributed by atoms with van der Waals surface area (Å²) in [5.41, 5.74) is 3.84. The summed E-state index contributed by atoms with van der Waals surface area (Å²) in [7, 11) is 0. The molecule has 0 unspecified atom stereocenters. The summed E-state index contributed by atoms with van der Waals surface area (Å²) in [5.74, 6) is 0.408. The molecule has 17 heavy (non-hydrogen) atoms. The second kappa shape index (κ2) is 4.36. The van der Waals surface area contributed by atoms with Gasteiger partial charge >= 0.3 is 0 Å². The third kappa shape index (κ3) is 1.96. The summed E-state index contributed by atoms with van der Waals surface area (Å²) in [6.45, 7) is 0. The predicted molar refractivity (Wildman–Crippen MR) is 72.9 cm³/mol. The van der Waals surface area contributed by atoms with Crippen LogP contribution in [0.25, 0.3) is 0 Å². The molecule has 86 valence electrons. The van der Waals surface area contributed by atoms with E-state index in [9.17, 15) is 0 Å². The first-order chi connectivity index (χ1) is 8.25. The van der Waals surface area contributed by atoms with Crippen molar-refractivity contribution in [2.45, 2.75) is 17.7 Å². The topological polar surface area (TPSA) is 0 Å². The number of alkyl halides is 1. The third-order valence-corrected chi connectivity index (χ3v) is 4.05. The van der Waals surface area contributed by atoms with Crippen LogP contribution < -0.4 is 0 Å². The molecule has 0 bridgehead atoms. The van der Waals surface area contributed by atoms with Gasteiger partial charge in [0.1, 0.15) is 0 Å². The van der Waals surface area contributed by atoms with E-state index in [2.05, 4.69) is 30.3 Å². The van der Waals surface area contributed by atoms with E-state index in [0.717, 1.165) is 11.4 Å². The van der Waals surface area contributed by atoms with Gasteiger partial charge in [0.05, 0.1) is 5.38 Å². The minimum atomic E-state index is 0.0777. The SMILES string of the molecule is Clc1ccc2c(c1)[C@@H](Cl)C[C@H]2c1ccccc1. The molecular formula is C15H12Cl2. The zero-order valence-electron chi connectivity index (χ0n) is 9.24. The number of hydrogen-bond acceptors (Lipinski definition) is 0. The van der Waals surface area contributed by atoms with Gasteiger partial charge in [0, 0.05) is 10.9 Å². The molecule has 0 aliphatic heterocycles. The van der Waals surface area contributed by atoms with Gasteiger partial charge in [0.15, 0.2) is 0 Å². The van der Waals surface area contributed by atoms with Crippen molar-refractivity contribution in [1.82, 2.24) is 0 Å². The second-order valence-electron chi connectivity index (χ2n) is 4.44. The summed E-state index contributed by atoms with van der Waals surface area (Å²) in [4.78, 5) is 0. The Hall–Kier alpha value is -0.980. The van der Waals surface area contributed by atoms with Crippen LogP contribution in [0.15, 0.2) is 48.5 Å². The van der Waals surface area contributed by atoms with Crippen molar-refractivity contribution in [2.75, 3.05) is 0 Å². The van der Waals surface area contributed by atoms with Crippen LogP contribution in [0, 0.1) is 0 Å². The number of rotatable bonds is 1. The fraction of sp³-hybridized carbons (Fsp3) is 0.200. The fourth-order valence-electron chi connectivity index (χ4n) is 2.60. The van der Waals surface area contributed by atoms with Gasteiger partial charge in [-0.3, -0.25) is 0 Å². The number of benzene rings is 2. The van der Waals surface area contributed by atoms with Crippen molar-refractivity contribution >= 4 is 23.2 Å². The summed E-state index contributed by atoms with van der Waals surface area (Å²) < 4.78 is 0. The molecule has 0 fully saturated rings. The molecule has 1 aliphatic carbocycles. The van der Waals surface area contributed by atoms with Gasteiger partial charge in [-0.15, -0.1) is 11.6 Å². The number of fused-ring (bicyclic) bond motifs is 1. The van der Waals surface area contributed by atoms with E-state index < -0.39 is 0 Å². The van der Waals surface area contributed by atoms with E-state index in [-0.39, 0.29) is 5.38 Å². The highest BCUT2D eigenvalue weighted by Crippen LogP contribution is 2.47. The maximum absolute atomic E-state index is 6.40. The normalized spacial score (nSPS) is 22.5. The van der Waals surface area contributed by atoms with Crippen molar-refractivity contribution in [1.29, 1.82) is 0 Å².